The molecule has 2 aromatic heterocycles. The van der Waals surface area contributed by atoms with Gasteiger partial charge in [0.25, 0.3) is 5.56 Å². The van der Waals surface area contributed by atoms with Crippen LogP contribution in [0, 0.1) is 6.42 Å². The Labute approximate surface area is 180 Å². The van der Waals surface area contributed by atoms with Gasteiger partial charge in [0.15, 0.2) is 20.2 Å². The van der Waals surface area contributed by atoms with E-state index < -0.39 is 0 Å². The molecule has 0 bridgehead atoms. The summed E-state index contributed by atoms with van der Waals surface area (Å²) < 4.78 is 11.7. The molecular weight excluding hydrogens is 430 g/mol. The number of hydrogen-bond donors (Lipinski definition) is 2. The Hall–Kier alpha value is -0.396. The summed E-state index contributed by atoms with van der Waals surface area (Å²) >= 11 is 0. The summed E-state index contributed by atoms with van der Waals surface area (Å²) in [4.78, 5) is 22.5. The van der Waals surface area contributed by atoms with Crippen LogP contribution in [0.15, 0.2) is 11.1 Å². The van der Waals surface area contributed by atoms with Gasteiger partial charge in [-0.05, 0) is 20.3 Å². The SMILES string of the molecule is CCOPOCC.Nc1nc2c(ncn2C2C[CH-]CCCC2)c(=O)[nH]1.[Y]. The van der Waals surface area contributed by atoms with Crippen LogP contribution in [0.5, 0.6) is 0 Å². The molecule has 3 rings (SSSR count). The normalized spacial score (nSPS) is 17.1. The van der Waals surface area contributed by atoms with Gasteiger partial charge in [0.05, 0.1) is 19.5 Å². The number of nitrogens with one attached hydrogen (secondary N) is 1. The Balaban J connectivity index is 0.000000366. The van der Waals surface area contributed by atoms with Gasteiger partial charge >= 0.3 is 0 Å². The van der Waals surface area contributed by atoms with Gasteiger partial charge in [-0.1, -0.05) is 12.8 Å². The van der Waals surface area contributed by atoms with Crippen molar-refractivity contribution >= 4 is 26.1 Å². The topological polar surface area (TPSA) is 108 Å². The van der Waals surface area contributed by atoms with Crippen molar-refractivity contribution in [3.63, 3.8) is 0 Å². The summed E-state index contributed by atoms with van der Waals surface area (Å²) in [6.45, 7) is 5.40. The number of imidazole rings is 1. The van der Waals surface area contributed by atoms with Crippen molar-refractivity contribution in [2.75, 3.05) is 18.9 Å². The molecule has 1 aliphatic rings. The molecule has 2 heterocycles. The van der Waals surface area contributed by atoms with Crippen LogP contribution >= 0.6 is 9.03 Å². The van der Waals surface area contributed by atoms with Gasteiger partial charge in [-0.15, -0.1) is 0 Å². The van der Waals surface area contributed by atoms with Crippen molar-refractivity contribution < 1.29 is 41.8 Å². The van der Waals surface area contributed by atoms with Gasteiger partial charge in [0, 0.05) is 38.8 Å². The Morgan fingerprint density at radius 2 is 2.12 bits per heavy atom. The van der Waals surface area contributed by atoms with Crippen LogP contribution in [0.4, 0.5) is 5.95 Å². The summed E-state index contributed by atoms with van der Waals surface area (Å²) in [6.07, 6.45) is 9.70. The third-order valence-corrected chi connectivity index (χ3v) is 4.70. The van der Waals surface area contributed by atoms with Crippen molar-refractivity contribution in [2.24, 2.45) is 0 Å². The van der Waals surface area contributed by atoms with E-state index in [0.717, 1.165) is 26.1 Å². The number of aromatic amines is 1. The third-order valence-electron chi connectivity index (χ3n) is 3.88. The molecular formula is C16H27N5O3PY-. The van der Waals surface area contributed by atoms with E-state index in [4.69, 9.17) is 14.8 Å². The largest absolute Gasteiger partial charge is 0.369 e. The first kappa shape index (κ1) is 23.6. The zero-order valence-corrected chi connectivity index (χ0v) is 19.2. The second-order valence-electron chi connectivity index (χ2n) is 5.69. The fraction of sp³-hybridized carbons (Fsp3) is 0.625. The molecule has 0 amide bonds. The molecule has 2 aromatic rings. The molecule has 26 heavy (non-hydrogen) atoms. The first-order chi connectivity index (χ1) is 12.2. The fourth-order valence-electron chi connectivity index (χ4n) is 2.72. The Kier molecular flexibility index (Phi) is 11.7. The van der Waals surface area contributed by atoms with Crippen LogP contribution in [0.1, 0.15) is 52.0 Å². The summed E-state index contributed by atoms with van der Waals surface area (Å²) in [5, 5.41) is 0. The van der Waals surface area contributed by atoms with E-state index in [2.05, 4.69) is 21.4 Å². The van der Waals surface area contributed by atoms with Gasteiger partial charge in [-0.3, -0.25) is 9.78 Å². The Bertz CT molecular complexity index is 697. The molecule has 1 atom stereocenters. The van der Waals surface area contributed by atoms with Gasteiger partial charge in [0.1, 0.15) is 0 Å². The van der Waals surface area contributed by atoms with E-state index in [9.17, 15) is 4.79 Å². The van der Waals surface area contributed by atoms with Gasteiger partial charge in [-0.2, -0.15) is 17.8 Å². The predicted octanol–water partition coefficient (Wildman–Crippen LogP) is 2.98. The summed E-state index contributed by atoms with van der Waals surface area (Å²) in [5.41, 5.74) is 6.29. The Morgan fingerprint density at radius 1 is 1.38 bits per heavy atom. The van der Waals surface area contributed by atoms with Crippen molar-refractivity contribution in [1.29, 1.82) is 0 Å². The second-order valence-corrected chi connectivity index (χ2v) is 6.43. The van der Waals surface area contributed by atoms with Crippen LogP contribution in [0.25, 0.3) is 11.2 Å². The predicted molar refractivity (Wildman–Crippen MR) is 101 cm³/mol. The van der Waals surface area contributed by atoms with Gasteiger partial charge in [0.2, 0.25) is 5.95 Å². The van der Waals surface area contributed by atoms with Crippen molar-refractivity contribution in [3.05, 3.63) is 23.1 Å². The van der Waals surface area contributed by atoms with Crippen LogP contribution in [0.2, 0.25) is 0 Å². The number of aromatic nitrogens is 4. The number of nitrogen functional groups attached to an aromatic ring is 1. The number of anilines is 1. The number of nitrogens with two attached hydrogens (primary N) is 1. The van der Waals surface area contributed by atoms with Gasteiger partial charge in [-0.25, -0.2) is 4.98 Å². The molecule has 1 saturated carbocycles. The van der Waals surface area contributed by atoms with Crippen molar-refractivity contribution in [2.45, 2.75) is 52.0 Å². The summed E-state index contributed by atoms with van der Waals surface area (Å²) in [5.74, 6) is 0.145. The Morgan fingerprint density at radius 3 is 2.81 bits per heavy atom. The summed E-state index contributed by atoms with van der Waals surface area (Å²) in [7, 11) is 0.232. The van der Waals surface area contributed by atoms with Crippen molar-refractivity contribution in [3.8, 4) is 0 Å². The van der Waals surface area contributed by atoms with E-state index in [-0.39, 0.29) is 53.3 Å². The molecule has 3 N–H and O–H groups in total. The van der Waals surface area contributed by atoms with E-state index in [0.29, 0.717) is 17.2 Å². The molecule has 143 valence electrons. The number of hydrogen-bond acceptors (Lipinski definition) is 6. The van der Waals surface area contributed by atoms with Crippen molar-refractivity contribution in [1.82, 2.24) is 19.5 Å². The first-order valence-electron chi connectivity index (χ1n) is 8.69. The first-order valence-corrected chi connectivity index (χ1v) is 9.51. The zero-order chi connectivity index (χ0) is 18.1. The smallest absolute Gasteiger partial charge is 0.280 e. The van der Waals surface area contributed by atoms with Crippen LogP contribution < -0.4 is 11.3 Å². The monoisotopic (exact) mass is 457 g/mol. The molecule has 10 heteroatoms. The zero-order valence-electron chi connectivity index (χ0n) is 15.4. The molecule has 8 nitrogen and oxygen atoms in total. The average molecular weight is 457 g/mol. The molecule has 0 aliphatic heterocycles. The summed E-state index contributed by atoms with van der Waals surface area (Å²) in [6, 6.07) is 0.339. The average Bonchev–Trinajstić information content (AvgIpc) is 2.83. The molecule has 0 spiro atoms. The van der Waals surface area contributed by atoms with Crippen LogP contribution in [-0.4, -0.2) is 32.7 Å². The standard InChI is InChI=1S/C12H16N5O.C4H11O2P.Y/c13-12-15-10-9(11(18)16-12)14-7-17(10)8-5-3-1-2-4-6-8;1-3-5-7-6-4-2;/h3,7-8H,1-2,4-6H2,(H3,13,15,16,18);7H,3-4H2,1-2H3;/q-1;;. The minimum Gasteiger partial charge on any atom is -0.369 e. The second kappa shape index (κ2) is 12.9. The molecule has 0 aromatic carbocycles. The van der Waals surface area contributed by atoms with E-state index in [1.807, 2.05) is 18.4 Å². The van der Waals surface area contributed by atoms with Gasteiger partial charge < -0.3 is 25.8 Å². The third kappa shape index (κ3) is 6.97. The molecule has 1 radical (unpaired) electrons. The van der Waals surface area contributed by atoms with E-state index >= 15 is 0 Å². The van der Waals surface area contributed by atoms with Crippen LogP contribution in [-0.2, 0) is 41.8 Å². The fourth-order valence-corrected chi connectivity index (χ4v) is 3.04. The minimum absolute atomic E-state index is 0. The molecule has 1 fully saturated rings. The minimum atomic E-state index is -0.270. The number of fused-ring (bicyclic) bond motifs is 1. The van der Waals surface area contributed by atoms with E-state index in [1.54, 1.807) is 6.33 Å². The molecule has 0 saturated heterocycles. The van der Waals surface area contributed by atoms with E-state index in [1.165, 1.54) is 19.3 Å². The maximum Gasteiger partial charge on any atom is 0.280 e. The maximum atomic E-state index is 11.7. The maximum absolute atomic E-state index is 11.7. The number of rotatable bonds is 5. The quantitative estimate of drug-likeness (QED) is 0.309. The number of nitrogens with zero attached hydrogens (tertiary/aromatic N) is 3. The molecule has 1 unspecified atom stereocenters. The number of H-pyrrole nitrogens is 1. The molecule has 1 aliphatic carbocycles. The van der Waals surface area contributed by atoms with Crippen LogP contribution in [0.3, 0.4) is 0 Å².